The lowest BCUT2D eigenvalue weighted by Crippen LogP contribution is -2.30. The third-order valence-corrected chi connectivity index (χ3v) is 3.87. The van der Waals surface area contributed by atoms with Gasteiger partial charge in [-0.15, -0.1) is 0 Å². The molecule has 1 atom stereocenters. The summed E-state index contributed by atoms with van der Waals surface area (Å²) in [6, 6.07) is 15.4. The molecular weight excluding hydrogens is 252 g/mol. The molecule has 0 saturated carbocycles. The minimum absolute atomic E-state index is 0.145. The van der Waals surface area contributed by atoms with E-state index in [0.29, 0.717) is 0 Å². The van der Waals surface area contributed by atoms with Crippen LogP contribution in [0.3, 0.4) is 0 Å². The van der Waals surface area contributed by atoms with Crippen LogP contribution < -0.4 is 0 Å². The predicted octanol–water partition coefficient (Wildman–Crippen LogP) is 3.17. The van der Waals surface area contributed by atoms with E-state index < -0.39 is 0 Å². The molecule has 0 aliphatic carbocycles. The third-order valence-electron chi connectivity index (χ3n) is 3.87. The monoisotopic (exact) mass is 268 g/mol. The highest BCUT2D eigenvalue weighted by Gasteiger charge is 2.24. The second-order valence-corrected chi connectivity index (χ2v) is 5.30. The number of rotatable bonds is 2. The zero-order valence-electron chi connectivity index (χ0n) is 11.3. The summed E-state index contributed by atoms with van der Waals surface area (Å²) >= 11 is 0. The van der Waals surface area contributed by atoms with Crippen LogP contribution in [-0.4, -0.2) is 23.4 Å². The van der Waals surface area contributed by atoms with E-state index in [4.69, 9.17) is 0 Å². The molecule has 0 spiro atoms. The highest BCUT2D eigenvalue weighted by atomic mass is 16.6. The largest absolute Gasteiger partial charge is 0.301 e. The maximum Gasteiger partial charge on any atom is 0.269 e. The number of nitro benzene ring substituents is 1. The number of nitrogens with zero attached hydrogens (tertiary/aromatic N) is 2. The topological polar surface area (TPSA) is 46.4 Å². The molecule has 1 heterocycles. The van der Waals surface area contributed by atoms with Gasteiger partial charge < -0.3 is 4.90 Å². The molecule has 102 valence electrons. The van der Waals surface area contributed by atoms with Gasteiger partial charge in [-0.2, -0.15) is 0 Å². The van der Waals surface area contributed by atoms with Gasteiger partial charge in [-0.05, 0) is 23.7 Å². The molecular formula is C16H16N2O2. The SMILES string of the molecule is CN1Cc2ccccc2C(c2ccc([N+](=O)[O-])cc2)C1. The smallest absolute Gasteiger partial charge is 0.269 e. The van der Waals surface area contributed by atoms with Gasteiger partial charge in [0.05, 0.1) is 4.92 Å². The van der Waals surface area contributed by atoms with Gasteiger partial charge in [-0.25, -0.2) is 0 Å². The van der Waals surface area contributed by atoms with E-state index in [1.54, 1.807) is 12.1 Å². The lowest BCUT2D eigenvalue weighted by Gasteiger charge is -2.32. The summed E-state index contributed by atoms with van der Waals surface area (Å²) in [5.74, 6) is 0.283. The van der Waals surface area contributed by atoms with Gasteiger partial charge in [0.25, 0.3) is 5.69 Å². The quantitative estimate of drug-likeness (QED) is 0.621. The van der Waals surface area contributed by atoms with Gasteiger partial charge in [-0.3, -0.25) is 10.1 Å². The van der Waals surface area contributed by atoms with Crippen molar-refractivity contribution in [2.24, 2.45) is 0 Å². The van der Waals surface area contributed by atoms with Gasteiger partial charge in [0.1, 0.15) is 0 Å². The first-order chi connectivity index (χ1) is 9.65. The Morgan fingerprint density at radius 2 is 1.85 bits per heavy atom. The van der Waals surface area contributed by atoms with Crippen molar-refractivity contribution < 1.29 is 4.92 Å². The van der Waals surface area contributed by atoms with E-state index in [1.807, 2.05) is 12.1 Å². The molecule has 0 fully saturated rings. The summed E-state index contributed by atoms with van der Waals surface area (Å²) in [7, 11) is 2.11. The van der Waals surface area contributed by atoms with E-state index in [-0.39, 0.29) is 16.5 Å². The van der Waals surface area contributed by atoms with Gasteiger partial charge in [0.2, 0.25) is 0 Å². The lowest BCUT2D eigenvalue weighted by molar-refractivity contribution is -0.384. The zero-order chi connectivity index (χ0) is 14.1. The van der Waals surface area contributed by atoms with Gasteiger partial charge >= 0.3 is 0 Å². The number of benzene rings is 2. The molecule has 4 nitrogen and oxygen atoms in total. The van der Waals surface area contributed by atoms with Crippen molar-refractivity contribution in [2.45, 2.75) is 12.5 Å². The van der Waals surface area contributed by atoms with Crippen LogP contribution >= 0.6 is 0 Å². The van der Waals surface area contributed by atoms with Crippen LogP contribution in [0.25, 0.3) is 0 Å². The fourth-order valence-corrected chi connectivity index (χ4v) is 2.90. The van der Waals surface area contributed by atoms with Gasteiger partial charge in [-0.1, -0.05) is 36.4 Å². The van der Waals surface area contributed by atoms with Gasteiger partial charge in [0.15, 0.2) is 0 Å². The first-order valence-corrected chi connectivity index (χ1v) is 6.66. The molecule has 0 bridgehead atoms. The van der Waals surface area contributed by atoms with Crippen LogP contribution in [-0.2, 0) is 6.54 Å². The number of hydrogen-bond donors (Lipinski definition) is 0. The number of likely N-dealkylation sites (N-methyl/N-ethyl adjacent to an activating group) is 1. The Kier molecular flexibility index (Phi) is 3.24. The molecule has 0 saturated heterocycles. The van der Waals surface area contributed by atoms with Crippen LogP contribution in [0.2, 0.25) is 0 Å². The Balaban J connectivity index is 1.99. The Labute approximate surface area is 117 Å². The maximum absolute atomic E-state index is 10.7. The first kappa shape index (κ1) is 12.8. The summed E-state index contributed by atoms with van der Waals surface area (Å²) in [5.41, 5.74) is 3.95. The third kappa shape index (κ3) is 2.30. The molecule has 2 aromatic rings. The molecule has 0 radical (unpaired) electrons. The molecule has 2 aromatic carbocycles. The minimum Gasteiger partial charge on any atom is -0.301 e. The molecule has 0 N–H and O–H groups in total. The van der Waals surface area contributed by atoms with E-state index >= 15 is 0 Å². The number of fused-ring (bicyclic) bond motifs is 1. The Morgan fingerprint density at radius 1 is 1.15 bits per heavy atom. The molecule has 20 heavy (non-hydrogen) atoms. The van der Waals surface area contributed by atoms with E-state index in [2.05, 4.69) is 36.2 Å². The summed E-state index contributed by atoms with van der Waals surface area (Å²) in [6.07, 6.45) is 0. The Morgan fingerprint density at radius 3 is 2.55 bits per heavy atom. The van der Waals surface area contributed by atoms with Crippen LogP contribution in [0.15, 0.2) is 48.5 Å². The summed E-state index contributed by atoms with van der Waals surface area (Å²) < 4.78 is 0. The molecule has 0 amide bonds. The fraction of sp³-hybridized carbons (Fsp3) is 0.250. The second kappa shape index (κ2) is 5.06. The molecule has 4 heteroatoms. The van der Waals surface area contributed by atoms with Crippen molar-refractivity contribution >= 4 is 5.69 Å². The van der Waals surface area contributed by atoms with Crippen molar-refractivity contribution in [1.82, 2.24) is 4.90 Å². The van der Waals surface area contributed by atoms with Crippen molar-refractivity contribution in [3.63, 3.8) is 0 Å². The van der Waals surface area contributed by atoms with Crippen molar-refractivity contribution in [3.8, 4) is 0 Å². The highest BCUT2D eigenvalue weighted by Crippen LogP contribution is 2.33. The highest BCUT2D eigenvalue weighted by molar-refractivity contribution is 5.43. The number of non-ortho nitro benzene ring substituents is 1. The average Bonchev–Trinajstić information content (AvgIpc) is 2.46. The molecule has 1 aliphatic rings. The second-order valence-electron chi connectivity index (χ2n) is 5.30. The van der Waals surface area contributed by atoms with Crippen LogP contribution in [0, 0.1) is 10.1 Å². The van der Waals surface area contributed by atoms with Crippen molar-refractivity contribution in [2.75, 3.05) is 13.6 Å². The molecule has 1 aliphatic heterocycles. The van der Waals surface area contributed by atoms with Crippen molar-refractivity contribution in [3.05, 3.63) is 75.3 Å². The average molecular weight is 268 g/mol. The molecule has 3 rings (SSSR count). The standard InChI is InChI=1S/C16H16N2O2/c1-17-10-13-4-2-3-5-15(13)16(11-17)12-6-8-14(9-7-12)18(19)20/h2-9,16H,10-11H2,1H3. The van der Waals surface area contributed by atoms with Crippen LogP contribution in [0.1, 0.15) is 22.6 Å². The van der Waals surface area contributed by atoms with E-state index in [1.165, 1.54) is 11.1 Å². The van der Waals surface area contributed by atoms with E-state index in [9.17, 15) is 10.1 Å². The number of nitro groups is 1. The lowest BCUT2D eigenvalue weighted by atomic mass is 9.85. The summed E-state index contributed by atoms with van der Waals surface area (Å²) in [6.45, 7) is 1.90. The minimum atomic E-state index is -0.356. The summed E-state index contributed by atoms with van der Waals surface area (Å²) in [4.78, 5) is 12.7. The zero-order valence-corrected chi connectivity index (χ0v) is 11.3. The Bertz CT molecular complexity index is 637. The van der Waals surface area contributed by atoms with Crippen LogP contribution in [0.5, 0.6) is 0 Å². The predicted molar refractivity (Wildman–Crippen MR) is 77.7 cm³/mol. The Hall–Kier alpha value is -2.20. The van der Waals surface area contributed by atoms with E-state index in [0.717, 1.165) is 18.7 Å². The normalized spacial score (nSPS) is 18.6. The fourth-order valence-electron chi connectivity index (χ4n) is 2.90. The molecule has 1 unspecified atom stereocenters. The number of hydrogen-bond acceptors (Lipinski definition) is 3. The molecule has 0 aromatic heterocycles. The van der Waals surface area contributed by atoms with Gasteiger partial charge in [0, 0.05) is 31.1 Å². The maximum atomic E-state index is 10.7. The first-order valence-electron chi connectivity index (χ1n) is 6.66. The summed E-state index contributed by atoms with van der Waals surface area (Å²) in [5, 5.41) is 10.7. The van der Waals surface area contributed by atoms with Crippen LogP contribution in [0.4, 0.5) is 5.69 Å². The van der Waals surface area contributed by atoms with Crippen molar-refractivity contribution in [1.29, 1.82) is 0 Å².